The van der Waals surface area contributed by atoms with Gasteiger partial charge in [-0.1, -0.05) is 42.5 Å². The number of hydrogen-bond donors (Lipinski definition) is 1. The zero-order chi connectivity index (χ0) is 20.3. The number of nitrogens with one attached hydrogen (secondary N) is 1. The van der Waals surface area contributed by atoms with E-state index in [1.807, 2.05) is 30.3 Å². The van der Waals surface area contributed by atoms with E-state index in [-0.39, 0.29) is 6.42 Å². The number of carbonyl (C=O) groups is 3. The number of fused-ring (bicyclic) bond motifs is 1. The monoisotopic (exact) mass is 382 g/mol. The van der Waals surface area contributed by atoms with Crippen molar-refractivity contribution in [2.24, 2.45) is 0 Å². The summed E-state index contributed by atoms with van der Waals surface area (Å²) in [7, 11) is 2.83. The van der Waals surface area contributed by atoms with Gasteiger partial charge in [-0.15, -0.1) is 0 Å². The highest BCUT2D eigenvalue weighted by atomic mass is 16.5. The topological polar surface area (TPSA) is 84.9 Å². The van der Waals surface area contributed by atoms with Gasteiger partial charge in [0.05, 0.1) is 12.8 Å². The molecule has 2 unspecified atom stereocenters. The molecular weight excluding hydrogens is 360 g/mol. The summed E-state index contributed by atoms with van der Waals surface area (Å²) in [5.41, 5.74) is -0.375. The third-order valence-corrected chi connectivity index (χ3v) is 4.76. The molecule has 0 fully saturated rings. The molecule has 2 atom stereocenters. The van der Waals surface area contributed by atoms with Gasteiger partial charge in [0.25, 0.3) is 17.4 Å². The Hall–Kier alpha value is -3.35. The van der Waals surface area contributed by atoms with E-state index >= 15 is 0 Å². The summed E-state index contributed by atoms with van der Waals surface area (Å²) in [4.78, 5) is 39.5. The van der Waals surface area contributed by atoms with Crippen molar-refractivity contribution >= 4 is 23.5 Å². The third kappa shape index (κ3) is 3.55. The first kappa shape index (κ1) is 19.4. The molecule has 1 N–H and O–H groups in total. The Bertz CT molecular complexity index is 899. The number of esters is 1. The second-order valence-electron chi connectivity index (χ2n) is 6.71. The van der Waals surface area contributed by atoms with Gasteiger partial charge in [0.2, 0.25) is 0 Å². The van der Waals surface area contributed by atoms with Crippen LogP contribution in [0.15, 0.2) is 54.6 Å². The maximum absolute atomic E-state index is 13.0. The molecule has 0 spiro atoms. The van der Waals surface area contributed by atoms with Gasteiger partial charge in [0, 0.05) is 13.5 Å². The number of hydrogen-bond acceptors (Lipinski definition) is 5. The summed E-state index contributed by atoms with van der Waals surface area (Å²) >= 11 is 0. The summed E-state index contributed by atoms with van der Waals surface area (Å²) in [6.45, 7) is 1.40. The Balaban J connectivity index is 1.84. The summed E-state index contributed by atoms with van der Waals surface area (Å²) in [5.74, 6) is -1.41. The van der Waals surface area contributed by atoms with Crippen molar-refractivity contribution in [2.75, 3.05) is 19.1 Å². The molecule has 0 radical (unpaired) electrons. The Kier molecular flexibility index (Phi) is 5.35. The van der Waals surface area contributed by atoms with Gasteiger partial charge in [0.1, 0.15) is 11.8 Å². The van der Waals surface area contributed by atoms with Crippen molar-refractivity contribution in [3.63, 3.8) is 0 Å². The molecule has 2 aromatic carbocycles. The van der Waals surface area contributed by atoms with E-state index in [9.17, 15) is 14.4 Å². The van der Waals surface area contributed by atoms with E-state index in [4.69, 9.17) is 9.47 Å². The van der Waals surface area contributed by atoms with Crippen LogP contribution in [0, 0.1) is 0 Å². The minimum absolute atomic E-state index is 0.232. The Morgan fingerprint density at radius 2 is 1.79 bits per heavy atom. The summed E-state index contributed by atoms with van der Waals surface area (Å²) in [6, 6.07) is 15.2. The Labute approximate surface area is 163 Å². The molecular formula is C21H22N2O5. The molecule has 2 amide bonds. The van der Waals surface area contributed by atoms with Crippen LogP contribution in [-0.4, -0.2) is 43.6 Å². The van der Waals surface area contributed by atoms with Gasteiger partial charge >= 0.3 is 5.97 Å². The molecule has 1 heterocycles. The molecule has 0 saturated heterocycles. The molecule has 0 aliphatic carbocycles. The fourth-order valence-electron chi connectivity index (χ4n) is 3.14. The number of para-hydroxylation sites is 2. The van der Waals surface area contributed by atoms with Crippen LogP contribution in [0.1, 0.15) is 12.5 Å². The molecule has 0 bridgehead atoms. The van der Waals surface area contributed by atoms with Gasteiger partial charge in [-0.25, -0.2) is 4.79 Å². The van der Waals surface area contributed by atoms with E-state index in [1.54, 1.807) is 31.3 Å². The van der Waals surface area contributed by atoms with Crippen LogP contribution < -0.4 is 15.0 Å². The molecule has 2 aromatic rings. The number of benzene rings is 2. The molecule has 7 heteroatoms. The second-order valence-corrected chi connectivity index (χ2v) is 6.71. The van der Waals surface area contributed by atoms with Crippen LogP contribution in [0.3, 0.4) is 0 Å². The zero-order valence-corrected chi connectivity index (χ0v) is 16.0. The summed E-state index contributed by atoms with van der Waals surface area (Å²) in [5, 5.41) is 2.62. The van der Waals surface area contributed by atoms with E-state index in [0.29, 0.717) is 11.4 Å². The predicted molar refractivity (Wildman–Crippen MR) is 103 cm³/mol. The first-order valence-corrected chi connectivity index (χ1v) is 8.85. The molecule has 0 aromatic heterocycles. The summed E-state index contributed by atoms with van der Waals surface area (Å²) < 4.78 is 10.6. The van der Waals surface area contributed by atoms with Crippen molar-refractivity contribution in [3.05, 3.63) is 60.2 Å². The van der Waals surface area contributed by atoms with Crippen molar-refractivity contribution in [1.82, 2.24) is 5.32 Å². The zero-order valence-electron chi connectivity index (χ0n) is 16.0. The standard InChI is InChI=1S/C21H22N2O5/c1-21(20(26)23(2)16-11-7-8-12-17(16)28-21)19(25)22-15(18(24)27-3)13-14-9-5-4-6-10-14/h4-12,15H,13H2,1-3H3,(H,22,25). The van der Waals surface area contributed by atoms with Gasteiger partial charge in [-0.2, -0.15) is 0 Å². The fraction of sp³-hybridized carbons (Fsp3) is 0.286. The number of ether oxygens (including phenoxy) is 2. The number of anilines is 1. The normalized spacial score (nSPS) is 19.2. The predicted octanol–water partition coefficient (Wildman–Crippen LogP) is 1.70. The fourth-order valence-corrected chi connectivity index (χ4v) is 3.14. The van der Waals surface area contributed by atoms with Gasteiger partial charge in [-0.3, -0.25) is 9.59 Å². The van der Waals surface area contributed by atoms with Gasteiger partial charge in [-0.05, 0) is 24.6 Å². The lowest BCUT2D eigenvalue weighted by molar-refractivity contribution is -0.153. The lowest BCUT2D eigenvalue weighted by Gasteiger charge is -2.38. The minimum Gasteiger partial charge on any atom is -0.467 e. The van der Waals surface area contributed by atoms with E-state index < -0.39 is 29.4 Å². The molecule has 7 nitrogen and oxygen atoms in total. The van der Waals surface area contributed by atoms with Crippen LogP contribution >= 0.6 is 0 Å². The van der Waals surface area contributed by atoms with E-state index in [1.165, 1.54) is 18.9 Å². The van der Waals surface area contributed by atoms with Gasteiger partial charge in [0.15, 0.2) is 0 Å². The highest BCUT2D eigenvalue weighted by Gasteiger charge is 2.50. The van der Waals surface area contributed by atoms with Crippen molar-refractivity contribution < 1.29 is 23.9 Å². The summed E-state index contributed by atoms with van der Waals surface area (Å²) in [6.07, 6.45) is 0.232. The average Bonchev–Trinajstić information content (AvgIpc) is 2.71. The molecule has 0 saturated carbocycles. The SMILES string of the molecule is COC(=O)C(Cc1ccccc1)NC(=O)C1(C)Oc2ccccc2N(C)C1=O. The number of amides is 2. The number of carbonyl (C=O) groups excluding carboxylic acids is 3. The molecule has 146 valence electrons. The largest absolute Gasteiger partial charge is 0.467 e. The first-order valence-electron chi connectivity index (χ1n) is 8.85. The molecule has 28 heavy (non-hydrogen) atoms. The van der Waals surface area contributed by atoms with Crippen molar-refractivity contribution in [3.8, 4) is 5.75 Å². The van der Waals surface area contributed by atoms with Crippen molar-refractivity contribution in [1.29, 1.82) is 0 Å². The Morgan fingerprint density at radius 1 is 1.14 bits per heavy atom. The average molecular weight is 382 g/mol. The lowest BCUT2D eigenvalue weighted by Crippen LogP contribution is -2.63. The van der Waals surface area contributed by atoms with Crippen LogP contribution in [-0.2, 0) is 25.5 Å². The number of likely N-dealkylation sites (N-methyl/N-ethyl adjacent to an activating group) is 1. The van der Waals surface area contributed by atoms with E-state index in [0.717, 1.165) is 5.56 Å². The smallest absolute Gasteiger partial charge is 0.328 e. The third-order valence-electron chi connectivity index (χ3n) is 4.76. The van der Waals surface area contributed by atoms with Crippen LogP contribution in [0.5, 0.6) is 5.75 Å². The van der Waals surface area contributed by atoms with Gasteiger partial charge < -0.3 is 19.7 Å². The molecule has 1 aliphatic rings. The lowest BCUT2D eigenvalue weighted by atomic mass is 9.98. The maximum atomic E-state index is 13.0. The highest BCUT2D eigenvalue weighted by molar-refractivity contribution is 6.16. The van der Waals surface area contributed by atoms with Crippen LogP contribution in [0.4, 0.5) is 5.69 Å². The first-order chi connectivity index (χ1) is 13.4. The van der Waals surface area contributed by atoms with Crippen molar-refractivity contribution in [2.45, 2.75) is 25.0 Å². The van der Waals surface area contributed by atoms with Crippen LogP contribution in [0.25, 0.3) is 0 Å². The number of nitrogens with zero attached hydrogens (tertiary/aromatic N) is 1. The molecule has 3 rings (SSSR count). The quantitative estimate of drug-likeness (QED) is 0.629. The van der Waals surface area contributed by atoms with Crippen LogP contribution in [0.2, 0.25) is 0 Å². The number of methoxy groups -OCH3 is 1. The minimum atomic E-state index is -1.80. The molecule has 1 aliphatic heterocycles. The van der Waals surface area contributed by atoms with E-state index in [2.05, 4.69) is 5.32 Å². The highest BCUT2D eigenvalue weighted by Crippen LogP contribution is 2.36. The maximum Gasteiger partial charge on any atom is 0.328 e. The Morgan fingerprint density at radius 3 is 2.46 bits per heavy atom. The number of rotatable bonds is 5. The second kappa shape index (κ2) is 7.72.